The number of benzene rings is 2. The molecule has 2 aliphatic heterocycles. The van der Waals surface area contributed by atoms with E-state index in [9.17, 15) is 9.59 Å². The molecule has 5 nitrogen and oxygen atoms in total. The second-order valence-corrected chi connectivity index (χ2v) is 7.84. The van der Waals surface area contributed by atoms with Crippen molar-refractivity contribution in [3.05, 3.63) is 70.8 Å². The average Bonchev–Trinajstić information content (AvgIpc) is 2.98. The molecule has 0 unspecified atom stereocenters. The first-order valence-electron chi connectivity index (χ1n) is 10.1. The lowest BCUT2D eigenvalue weighted by molar-refractivity contribution is 0.0636. The number of carbonyl (C=O) groups is 2. The van der Waals surface area contributed by atoms with Crippen LogP contribution in [0.3, 0.4) is 0 Å². The SMILES string of the molecule is NCc1cccc(CN2CCC(CCN3C(=O)c4ccccc4C3=O)CC2)c1. The number of fused-ring (bicyclic) bond motifs is 1. The number of piperidine rings is 1. The summed E-state index contributed by atoms with van der Waals surface area (Å²) >= 11 is 0. The highest BCUT2D eigenvalue weighted by atomic mass is 16.2. The van der Waals surface area contributed by atoms with Gasteiger partial charge in [0.25, 0.3) is 11.8 Å². The van der Waals surface area contributed by atoms with Crippen molar-refractivity contribution in [3.63, 3.8) is 0 Å². The van der Waals surface area contributed by atoms with Gasteiger partial charge in [-0.2, -0.15) is 0 Å². The highest BCUT2D eigenvalue weighted by Gasteiger charge is 2.35. The minimum atomic E-state index is -0.141. The second kappa shape index (κ2) is 8.25. The van der Waals surface area contributed by atoms with Gasteiger partial charge in [0.05, 0.1) is 11.1 Å². The Bertz CT molecular complexity index is 837. The molecule has 2 heterocycles. The van der Waals surface area contributed by atoms with Gasteiger partial charge in [0.1, 0.15) is 0 Å². The Hall–Kier alpha value is -2.50. The largest absolute Gasteiger partial charge is 0.326 e. The first kappa shape index (κ1) is 18.8. The summed E-state index contributed by atoms with van der Waals surface area (Å²) in [5, 5.41) is 0. The summed E-state index contributed by atoms with van der Waals surface area (Å²) in [6.45, 7) is 4.17. The van der Waals surface area contributed by atoms with Crippen LogP contribution in [0, 0.1) is 5.92 Å². The van der Waals surface area contributed by atoms with Gasteiger partial charge in [-0.15, -0.1) is 0 Å². The molecule has 2 aromatic carbocycles. The summed E-state index contributed by atoms with van der Waals surface area (Å²) in [7, 11) is 0. The molecule has 0 aromatic heterocycles. The van der Waals surface area contributed by atoms with E-state index in [1.165, 1.54) is 16.0 Å². The lowest BCUT2D eigenvalue weighted by Crippen LogP contribution is -2.36. The molecule has 5 heteroatoms. The number of amides is 2. The third-order valence-corrected chi connectivity index (χ3v) is 5.98. The summed E-state index contributed by atoms with van der Waals surface area (Å²) in [5.41, 5.74) is 9.31. The van der Waals surface area contributed by atoms with E-state index in [0.29, 0.717) is 30.1 Å². The third-order valence-electron chi connectivity index (χ3n) is 5.98. The van der Waals surface area contributed by atoms with Crippen LogP contribution in [0.15, 0.2) is 48.5 Å². The number of hydrogen-bond acceptors (Lipinski definition) is 4. The Morgan fingerprint density at radius 3 is 2.18 bits per heavy atom. The van der Waals surface area contributed by atoms with Crippen LogP contribution >= 0.6 is 0 Å². The quantitative estimate of drug-likeness (QED) is 0.786. The molecule has 4 rings (SSSR count). The van der Waals surface area contributed by atoms with Crippen LogP contribution in [0.4, 0.5) is 0 Å². The normalized spacial score (nSPS) is 18.0. The van der Waals surface area contributed by atoms with Gasteiger partial charge in [0, 0.05) is 19.6 Å². The molecule has 0 saturated carbocycles. The van der Waals surface area contributed by atoms with E-state index in [4.69, 9.17) is 5.73 Å². The summed E-state index contributed by atoms with van der Waals surface area (Å²) in [6.07, 6.45) is 3.11. The van der Waals surface area contributed by atoms with Crippen molar-refractivity contribution in [3.8, 4) is 0 Å². The van der Waals surface area contributed by atoms with Crippen molar-refractivity contribution in [1.82, 2.24) is 9.80 Å². The number of nitrogens with two attached hydrogens (primary N) is 1. The molecule has 2 N–H and O–H groups in total. The monoisotopic (exact) mass is 377 g/mol. The predicted molar refractivity (Wildman–Crippen MR) is 109 cm³/mol. The van der Waals surface area contributed by atoms with Crippen molar-refractivity contribution < 1.29 is 9.59 Å². The molecule has 2 aliphatic rings. The fraction of sp³-hybridized carbons (Fsp3) is 0.391. The molecule has 0 bridgehead atoms. The summed E-state index contributed by atoms with van der Waals surface area (Å²) in [6, 6.07) is 15.6. The second-order valence-electron chi connectivity index (χ2n) is 7.84. The Balaban J connectivity index is 1.26. The molecule has 0 aliphatic carbocycles. The first-order chi connectivity index (χ1) is 13.7. The number of imide groups is 1. The van der Waals surface area contributed by atoms with Crippen LogP contribution in [-0.2, 0) is 13.1 Å². The smallest absolute Gasteiger partial charge is 0.261 e. The van der Waals surface area contributed by atoms with Gasteiger partial charge in [-0.3, -0.25) is 19.4 Å². The zero-order valence-electron chi connectivity index (χ0n) is 16.1. The molecule has 1 fully saturated rings. The predicted octanol–water partition coefficient (Wildman–Crippen LogP) is 3.04. The van der Waals surface area contributed by atoms with Crippen LogP contribution in [0.5, 0.6) is 0 Å². The van der Waals surface area contributed by atoms with E-state index in [0.717, 1.165) is 38.9 Å². The van der Waals surface area contributed by atoms with Crippen molar-refractivity contribution in [2.75, 3.05) is 19.6 Å². The molecule has 1 saturated heterocycles. The van der Waals surface area contributed by atoms with Crippen molar-refractivity contribution >= 4 is 11.8 Å². The molecular weight excluding hydrogens is 350 g/mol. The van der Waals surface area contributed by atoms with Gasteiger partial charge in [-0.1, -0.05) is 36.4 Å². The summed E-state index contributed by atoms with van der Waals surface area (Å²) in [5.74, 6) is 0.284. The lowest BCUT2D eigenvalue weighted by atomic mass is 9.93. The van der Waals surface area contributed by atoms with Crippen LogP contribution < -0.4 is 5.73 Å². The molecule has 0 radical (unpaired) electrons. The third kappa shape index (κ3) is 3.86. The van der Waals surface area contributed by atoms with Crippen molar-refractivity contribution in [2.45, 2.75) is 32.4 Å². The van der Waals surface area contributed by atoms with Crippen LogP contribution in [0.25, 0.3) is 0 Å². The number of hydrogen-bond donors (Lipinski definition) is 1. The number of rotatable bonds is 6. The van der Waals surface area contributed by atoms with Gasteiger partial charge in [0.2, 0.25) is 0 Å². The molecular formula is C23H27N3O2. The fourth-order valence-electron chi connectivity index (χ4n) is 4.30. The Morgan fingerprint density at radius 2 is 1.54 bits per heavy atom. The highest BCUT2D eigenvalue weighted by Crippen LogP contribution is 2.26. The molecule has 28 heavy (non-hydrogen) atoms. The average molecular weight is 377 g/mol. The van der Waals surface area contributed by atoms with E-state index in [-0.39, 0.29) is 11.8 Å². The summed E-state index contributed by atoms with van der Waals surface area (Å²) < 4.78 is 0. The molecule has 0 atom stereocenters. The Kier molecular flexibility index (Phi) is 5.55. The van der Waals surface area contributed by atoms with E-state index in [2.05, 4.69) is 29.2 Å². The van der Waals surface area contributed by atoms with E-state index < -0.39 is 0 Å². The van der Waals surface area contributed by atoms with Crippen molar-refractivity contribution in [2.24, 2.45) is 11.7 Å². The minimum absolute atomic E-state index is 0.141. The van der Waals surface area contributed by atoms with Crippen LogP contribution in [-0.4, -0.2) is 41.2 Å². The first-order valence-corrected chi connectivity index (χ1v) is 10.1. The van der Waals surface area contributed by atoms with Gasteiger partial charge in [-0.25, -0.2) is 0 Å². The van der Waals surface area contributed by atoms with Crippen LogP contribution in [0.1, 0.15) is 51.1 Å². The standard InChI is InChI=1S/C23H27N3O2/c24-15-18-4-3-5-19(14-18)16-25-11-8-17(9-12-25)10-13-26-22(27)20-6-1-2-7-21(20)23(26)28/h1-7,14,17H,8-13,15-16,24H2. The minimum Gasteiger partial charge on any atom is -0.326 e. The number of nitrogens with zero attached hydrogens (tertiary/aromatic N) is 2. The molecule has 2 amide bonds. The van der Waals surface area contributed by atoms with Gasteiger partial charge < -0.3 is 5.73 Å². The summed E-state index contributed by atoms with van der Waals surface area (Å²) in [4.78, 5) is 28.9. The van der Waals surface area contributed by atoms with Gasteiger partial charge in [0.15, 0.2) is 0 Å². The molecule has 2 aromatic rings. The highest BCUT2D eigenvalue weighted by molar-refractivity contribution is 6.21. The Labute approximate surface area is 166 Å². The maximum absolute atomic E-state index is 12.5. The fourth-order valence-corrected chi connectivity index (χ4v) is 4.30. The maximum Gasteiger partial charge on any atom is 0.261 e. The number of carbonyl (C=O) groups excluding carboxylic acids is 2. The lowest BCUT2D eigenvalue weighted by Gasteiger charge is -2.32. The van der Waals surface area contributed by atoms with E-state index in [1.807, 2.05) is 12.1 Å². The van der Waals surface area contributed by atoms with Crippen LogP contribution in [0.2, 0.25) is 0 Å². The van der Waals surface area contributed by atoms with E-state index >= 15 is 0 Å². The van der Waals surface area contributed by atoms with E-state index in [1.54, 1.807) is 12.1 Å². The molecule has 0 spiro atoms. The zero-order valence-corrected chi connectivity index (χ0v) is 16.1. The topological polar surface area (TPSA) is 66.6 Å². The van der Waals surface area contributed by atoms with Gasteiger partial charge in [-0.05, 0) is 61.5 Å². The number of likely N-dealkylation sites (tertiary alicyclic amines) is 1. The Morgan fingerprint density at radius 1 is 0.893 bits per heavy atom. The zero-order chi connectivity index (χ0) is 19.5. The maximum atomic E-state index is 12.5. The van der Waals surface area contributed by atoms with Gasteiger partial charge >= 0.3 is 0 Å². The molecule has 146 valence electrons. The van der Waals surface area contributed by atoms with Crippen molar-refractivity contribution in [1.29, 1.82) is 0 Å².